The third-order valence-corrected chi connectivity index (χ3v) is 7.84. The summed E-state index contributed by atoms with van der Waals surface area (Å²) in [6, 6.07) is 10.4. The number of aliphatic carboxylic acids is 1. The number of carboxylic acids is 1. The van der Waals surface area contributed by atoms with Gasteiger partial charge in [0.2, 0.25) is 0 Å². The smallest absolute Gasteiger partial charge is 0.303 e. The Morgan fingerprint density at radius 3 is 2.47 bits per heavy atom. The average Bonchev–Trinajstić information content (AvgIpc) is 2.85. The highest BCUT2D eigenvalue weighted by Gasteiger charge is 2.29. The second kappa shape index (κ2) is 17.7. The molecule has 1 fully saturated rings. The Kier molecular flexibility index (Phi) is 14.9. The molecule has 1 aliphatic carbocycles. The number of rotatable bonds is 18. The van der Waals surface area contributed by atoms with E-state index in [1.807, 2.05) is 13.1 Å². The van der Waals surface area contributed by atoms with Crippen LogP contribution < -0.4 is 11.1 Å². The van der Waals surface area contributed by atoms with Crippen molar-refractivity contribution in [2.45, 2.75) is 89.9 Å². The lowest BCUT2D eigenvalue weighted by Crippen LogP contribution is -2.34. The van der Waals surface area contributed by atoms with Gasteiger partial charge in [-0.15, -0.1) is 0 Å². The number of carbonyl (C=O) groups is 1. The topological polar surface area (TPSA) is 75.3 Å². The standard InChI is InChI=1S/C30H50N2O2/c1-32-24-28(18-12-4-2-3-7-13-25-14-8-5-9-15-25)29(21-22-31)27(23-30(33)34)20-19-26-16-10-6-11-17-26/h2-3,6,10-11,16-17,25,27-29,32H,4-5,7-9,12-15,18-24,31H2,1H3,(H,33,34)/t27-,28+,29-/m1/s1. The van der Waals surface area contributed by atoms with Crippen LogP contribution in [-0.4, -0.2) is 31.2 Å². The summed E-state index contributed by atoms with van der Waals surface area (Å²) in [6.45, 7) is 1.55. The first kappa shape index (κ1) is 28.6. The molecule has 1 aliphatic rings. The molecule has 2 rings (SSSR count). The molecule has 1 aromatic carbocycles. The van der Waals surface area contributed by atoms with Crippen molar-refractivity contribution in [2.75, 3.05) is 20.1 Å². The minimum atomic E-state index is -0.691. The van der Waals surface area contributed by atoms with E-state index in [0.717, 1.165) is 51.0 Å². The van der Waals surface area contributed by atoms with Crippen LogP contribution in [0.1, 0.15) is 89.0 Å². The Hall–Kier alpha value is -1.65. The van der Waals surface area contributed by atoms with Crippen molar-refractivity contribution < 1.29 is 9.90 Å². The van der Waals surface area contributed by atoms with E-state index in [-0.39, 0.29) is 12.3 Å². The number of carboxylic acid groups (broad SMARTS) is 1. The third-order valence-electron chi connectivity index (χ3n) is 7.84. The summed E-state index contributed by atoms with van der Waals surface area (Å²) in [6.07, 6.45) is 20.9. The predicted molar refractivity (Wildman–Crippen MR) is 144 cm³/mol. The zero-order chi connectivity index (χ0) is 24.4. The molecule has 0 amide bonds. The number of aryl methyl sites for hydroxylation is 1. The van der Waals surface area contributed by atoms with Crippen LogP contribution in [0.5, 0.6) is 0 Å². The molecule has 0 unspecified atom stereocenters. The Morgan fingerprint density at radius 2 is 1.79 bits per heavy atom. The first-order valence-corrected chi connectivity index (χ1v) is 13.9. The summed E-state index contributed by atoms with van der Waals surface area (Å²) < 4.78 is 0. The highest BCUT2D eigenvalue weighted by molar-refractivity contribution is 5.67. The van der Waals surface area contributed by atoms with Gasteiger partial charge in [0, 0.05) is 6.42 Å². The molecule has 4 N–H and O–H groups in total. The molecule has 34 heavy (non-hydrogen) atoms. The molecule has 1 saturated carbocycles. The van der Waals surface area contributed by atoms with Gasteiger partial charge in [0.05, 0.1) is 0 Å². The molecule has 0 radical (unpaired) electrons. The molecule has 4 nitrogen and oxygen atoms in total. The van der Waals surface area contributed by atoms with E-state index in [0.29, 0.717) is 18.4 Å². The van der Waals surface area contributed by atoms with Crippen molar-refractivity contribution in [3.05, 3.63) is 48.0 Å². The monoisotopic (exact) mass is 470 g/mol. The van der Waals surface area contributed by atoms with Gasteiger partial charge >= 0.3 is 5.97 Å². The van der Waals surface area contributed by atoms with Gasteiger partial charge in [-0.05, 0) is 101 Å². The molecule has 0 aromatic heterocycles. The van der Waals surface area contributed by atoms with Crippen molar-refractivity contribution in [1.82, 2.24) is 5.32 Å². The van der Waals surface area contributed by atoms with Crippen molar-refractivity contribution in [1.29, 1.82) is 0 Å². The van der Waals surface area contributed by atoms with E-state index in [1.165, 1.54) is 50.5 Å². The Bertz CT molecular complexity index is 670. The predicted octanol–water partition coefficient (Wildman–Crippen LogP) is 6.60. The van der Waals surface area contributed by atoms with Crippen LogP contribution in [0.4, 0.5) is 0 Å². The number of nitrogens with two attached hydrogens (primary N) is 1. The van der Waals surface area contributed by atoms with Crippen molar-refractivity contribution in [3.8, 4) is 0 Å². The highest BCUT2D eigenvalue weighted by atomic mass is 16.4. The SMILES string of the molecule is CNC[C@H](CCCC=CCCC1CCCCC1)[C@H](CCN)[C@H](CCc1ccccc1)CC(=O)O. The molecule has 192 valence electrons. The molecule has 0 heterocycles. The van der Waals surface area contributed by atoms with Crippen LogP contribution in [0, 0.1) is 23.7 Å². The van der Waals surface area contributed by atoms with Crippen LogP contribution in [0.25, 0.3) is 0 Å². The maximum Gasteiger partial charge on any atom is 0.303 e. The second-order valence-corrected chi connectivity index (χ2v) is 10.4. The third kappa shape index (κ3) is 11.7. The maximum absolute atomic E-state index is 11.7. The lowest BCUT2D eigenvalue weighted by Gasteiger charge is -2.33. The fourth-order valence-electron chi connectivity index (χ4n) is 6.01. The van der Waals surface area contributed by atoms with E-state index >= 15 is 0 Å². The normalized spacial score (nSPS) is 17.6. The van der Waals surface area contributed by atoms with Crippen LogP contribution >= 0.6 is 0 Å². The fraction of sp³-hybridized carbons (Fsp3) is 0.700. The molecular formula is C30H50N2O2. The van der Waals surface area contributed by atoms with Crippen LogP contribution in [0.3, 0.4) is 0 Å². The number of unbranched alkanes of at least 4 members (excludes halogenated alkanes) is 1. The number of hydrogen-bond donors (Lipinski definition) is 3. The summed E-state index contributed by atoms with van der Waals surface area (Å²) >= 11 is 0. The lowest BCUT2D eigenvalue weighted by molar-refractivity contribution is -0.138. The van der Waals surface area contributed by atoms with Crippen molar-refractivity contribution >= 4 is 5.97 Å². The average molecular weight is 471 g/mol. The van der Waals surface area contributed by atoms with Gasteiger partial charge in [0.1, 0.15) is 0 Å². The number of hydrogen-bond acceptors (Lipinski definition) is 3. The lowest BCUT2D eigenvalue weighted by atomic mass is 9.73. The van der Waals surface area contributed by atoms with E-state index in [4.69, 9.17) is 5.73 Å². The molecule has 0 bridgehead atoms. The van der Waals surface area contributed by atoms with Gasteiger partial charge in [0.25, 0.3) is 0 Å². The van der Waals surface area contributed by atoms with Gasteiger partial charge in [-0.2, -0.15) is 0 Å². The van der Waals surface area contributed by atoms with Crippen LogP contribution in [-0.2, 0) is 11.2 Å². The summed E-state index contributed by atoms with van der Waals surface area (Å²) in [5.74, 6) is 1.23. The van der Waals surface area contributed by atoms with E-state index < -0.39 is 5.97 Å². The van der Waals surface area contributed by atoms with Crippen LogP contribution in [0.15, 0.2) is 42.5 Å². The number of allylic oxidation sites excluding steroid dienone is 2. The van der Waals surface area contributed by atoms with Gasteiger partial charge < -0.3 is 16.2 Å². The van der Waals surface area contributed by atoms with E-state index in [9.17, 15) is 9.90 Å². The fourth-order valence-corrected chi connectivity index (χ4v) is 6.01. The minimum absolute atomic E-state index is 0.158. The summed E-state index contributed by atoms with van der Waals surface area (Å²) in [4.78, 5) is 11.7. The molecule has 4 heteroatoms. The zero-order valence-corrected chi connectivity index (χ0v) is 21.6. The van der Waals surface area contributed by atoms with Gasteiger partial charge in [-0.3, -0.25) is 4.79 Å². The Balaban J connectivity index is 1.87. The molecule has 0 aliphatic heterocycles. The Labute approximate surface area is 208 Å². The second-order valence-electron chi connectivity index (χ2n) is 10.4. The van der Waals surface area contributed by atoms with Crippen LogP contribution in [0.2, 0.25) is 0 Å². The zero-order valence-electron chi connectivity index (χ0n) is 21.6. The van der Waals surface area contributed by atoms with Crippen molar-refractivity contribution in [3.63, 3.8) is 0 Å². The molecular weight excluding hydrogens is 420 g/mol. The summed E-state index contributed by atoms with van der Waals surface area (Å²) in [5, 5.41) is 13.0. The molecule has 1 aromatic rings. The first-order chi connectivity index (χ1) is 16.6. The van der Waals surface area contributed by atoms with Gasteiger partial charge in [-0.25, -0.2) is 0 Å². The van der Waals surface area contributed by atoms with Gasteiger partial charge in [0.15, 0.2) is 0 Å². The van der Waals surface area contributed by atoms with E-state index in [1.54, 1.807) is 0 Å². The summed E-state index contributed by atoms with van der Waals surface area (Å²) in [7, 11) is 2.01. The molecule has 3 atom stereocenters. The maximum atomic E-state index is 11.7. The van der Waals surface area contributed by atoms with Gasteiger partial charge in [-0.1, -0.05) is 74.6 Å². The quantitative estimate of drug-likeness (QED) is 0.167. The van der Waals surface area contributed by atoms with Crippen molar-refractivity contribution in [2.24, 2.45) is 29.4 Å². The Morgan fingerprint density at radius 1 is 1.06 bits per heavy atom. The summed E-state index contributed by atoms with van der Waals surface area (Å²) in [5.41, 5.74) is 7.32. The first-order valence-electron chi connectivity index (χ1n) is 13.9. The largest absolute Gasteiger partial charge is 0.481 e. The highest BCUT2D eigenvalue weighted by Crippen LogP contribution is 2.34. The number of nitrogens with one attached hydrogen (secondary N) is 1. The molecule has 0 spiro atoms. The molecule has 0 saturated heterocycles. The minimum Gasteiger partial charge on any atom is -0.481 e. The van der Waals surface area contributed by atoms with E-state index in [2.05, 4.69) is 41.7 Å². The number of benzene rings is 1.